The summed E-state index contributed by atoms with van der Waals surface area (Å²) in [6.07, 6.45) is -3.87. The molecule has 1 N–H and O–H groups in total. The summed E-state index contributed by atoms with van der Waals surface area (Å²) in [6.45, 7) is 1.56. The van der Waals surface area contributed by atoms with Gasteiger partial charge in [-0.2, -0.15) is 23.1 Å². The van der Waals surface area contributed by atoms with Crippen molar-refractivity contribution in [3.63, 3.8) is 0 Å². The SMILES string of the molecule is Cc1cc(NC(=O)CCc2ccccc2)nc2nc(C(F)(F)F)nn12. The molecular weight excluding hydrogens is 335 g/mol. The minimum atomic E-state index is -4.65. The smallest absolute Gasteiger partial charge is 0.311 e. The van der Waals surface area contributed by atoms with Crippen molar-refractivity contribution in [1.29, 1.82) is 0 Å². The van der Waals surface area contributed by atoms with Crippen LogP contribution in [0.5, 0.6) is 0 Å². The van der Waals surface area contributed by atoms with Crippen molar-refractivity contribution >= 4 is 17.5 Å². The summed E-state index contributed by atoms with van der Waals surface area (Å²) in [5.41, 5.74) is 1.40. The highest BCUT2D eigenvalue weighted by Crippen LogP contribution is 2.26. The highest BCUT2D eigenvalue weighted by Gasteiger charge is 2.36. The first kappa shape index (κ1) is 16.9. The maximum atomic E-state index is 12.7. The number of fused-ring (bicyclic) bond motifs is 1. The summed E-state index contributed by atoms with van der Waals surface area (Å²) < 4.78 is 39.1. The summed E-state index contributed by atoms with van der Waals surface area (Å²) in [5, 5.41) is 5.97. The van der Waals surface area contributed by atoms with Crippen molar-refractivity contribution < 1.29 is 18.0 Å². The third kappa shape index (κ3) is 3.93. The molecule has 0 atom stereocenters. The molecule has 130 valence electrons. The maximum absolute atomic E-state index is 12.7. The van der Waals surface area contributed by atoms with E-state index in [1.165, 1.54) is 6.07 Å². The lowest BCUT2D eigenvalue weighted by molar-refractivity contribution is -0.144. The van der Waals surface area contributed by atoms with Gasteiger partial charge in [0.1, 0.15) is 5.82 Å². The Hall–Kier alpha value is -2.97. The molecule has 0 unspecified atom stereocenters. The van der Waals surface area contributed by atoms with Crippen LogP contribution in [0.25, 0.3) is 5.78 Å². The number of hydrogen-bond donors (Lipinski definition) is 1. The zero-order valence-electron chi connectivity index (χ0n) is 13.2. The number of rotatable bonds is 4. The Kier molecular flexibility index (Phi) is 4.39. The first-order valence-corrected chi connectivity index (χ1v) is 7.48. The second-order valence-corrected chi connectivity index (χ2v) is 5.46. The minimum absolute atomic E-state index is 0.143. The molecule has 2 heterocycles. The number of carbonyl (C=O) groups excluding carboxylic acids is 1. The lowest BCUT2D eigenvalue weighted by Gasteiger charge is -2.06. The predicted molar refractivity (Wildman–Crippen MR) is 83.9 cm³/mol. The van der Waals surface area contributed by atoms with Crippen molar-refractivity contribution in [2.24, 2.45) is 0 Å². The molecule has 9 heteroatoms. The van der Waals surface area contributed by atoms with Crippen LogP contribution in [-0.2, 0) is 17.4 Å². The number of hydrogen-bond acceptors (Lipinski definition) is 4. The van der Waals surface area contributed by atoms with Crippen LogP contribution in [0.1, 0.15) is 23.5 Å². The molecule has 0 aliphatic carbocycles. The van der Waals surface area contributed by atoms with Gasteiger partial charge in [0.05, 0.1) is 0 Å². The normalized spacial score (nSPS) is 11.7. The number of anilines is 1. The lowest BCUT2D eigenvalue weighted by Crippen LogP contribution is -2.14. The van der Waals surface area contributed by atoms with Gasteiger partial charge in [0.25, 0.3) is 11.6 Å². The molecule has 0 saturated carbocycles. The molecule has 3 aromatic rings. The summed E-state index contributed by atoms with van der Waals surface area (Å²) >= 11 is 0. The van der Waals surface area contributed by atoms with Gasteiger partial charge in [0.15, 0.2) is 0 Å². The number of aryl methyl sites for hydroxylation is 2. The van der Waals surface area contributed by atoms with E-state index in [9.17, 15) is 18.0 Å². The largest absolute Gasteiger partial charge is 0.453 e. The Labute approximate surface area is 140 Å². The number of alkyl halides is 3. The summed E-state index contributed by atoms with van der Waals surface area (Å²) in [7, 11) is 0. The number of benzene rings is 1. The van der Waals surface area contributed by atoms with Crippen LogP contribution in [-0.4, -0.2) is 25.5 Å². The molecule has 1 aromatic carbocycles. The second-order valence-electron chi connectivity index (χ2n) is 5.46. The van der Waals surface area contributed by atoms with Crippen LogP contribution in [0, 0.1) is 6.92 Å². The molecule has 0 spiro atoms. The fourth-order valence-electron chi connectivity index (χ4n) is 2.30. The van der Waals surface area contributed by atoms with E-state index in [4.69, 9.17) is 0 Å². The van der Waals surface area contributed by atoms with E-state index in [1.54, 1.807) is 6.92 Å². The molecule has 0 saturated heterocycles. The number of halogens is 3. The monoisotopic (exact) mass is 349 g/mol. The molecule has 0 radical (unpaired) electrons. The molecule has 0 bridgehead atoms. The van der Waals surface area contributed by atoms with Gasteiger partial charge in [-0.3, -0.25) is 4.79 Å². The van der Waals surface area contributed by atoms with Gasteiger partial charge in [-0.05, 0) is 18.9 Å². The highest BCUT2D eigenvalue weighted by molar-refractivity contribution is 5.90. The number of nitrogens with one attached hydrogen (secondary N) is 1. The Morgan fingerprint density at radius 2 is 1.92 bits per heavy atom. The Bertz CT molecular complexity index is 905. The minimum Gasteiger partial charge on any atom is -0.311 e. The van der Waals surface area contributed by atoms with Gasteiger partial charge < -0.3 is 5.32 Å². The zero-order valence-corrected chi connectivity index (χ0v) is 13.2. The standard InChI is InChI=1S/C16H14F3N5O/c1-10-9-12(20-13(25)8-7-11-5-3-2-4-6-11)21-15-22-14(16(17,18)19)23-24(10)15/h2-6,9H,7-8H2,1H3,(H,20,21,22,23,25). The van der Waals surface area contributed by atoms with Crippen LogP contribution in [0.15, 0.2) is 36.4 Å². The molecule has 0 aliphatic rings. The Morgan fingerprint density at radius 1 is 1.20 bits per heavy atom. The molecular formula is C16H14F3N5O. The lowest BCUT2D eigenvalue weighted by atomic mass is 10.1. The van der Waals surface area contributed by atoms with Crippen LogP contribution in [0.4, 0.5) is 19.0 Å². The van der Waals surface area contributed by atoms with Gasteiger partial charge in [-0.15, -0.1) is 5.10 Å². The molecule has 25 heavy (non-hydrogen) atoms. The first-order chi connectivity index (χ1) is 11.8. The summed E-state index contributed by atoms with van der Waals surface area (Å²) in [5.74, 6) is -1.62. The molecule has 2 aromatic heterocycles. The van der Waals surface area contributed by atoms with E-state index in [2.05, 4.69) is 20.4 Å². The van der Waals surface area contributed by atoms with Gasteiger partial charge in [-0.1, -0.05) is 30.3 Å². The van der Waals surface area contributed by atoms with E-state index >= 15 is 0 Å². The zero-order chi connectivity index (χ0) is 18.0. The van der Waals surface area contributed by atoms with Crippen molar-refractivity contribution in [2.45, 2.75) is 25.9 Å². The number of carbonyl (C=O) groups is 1. The average molecular weight is 349 g/mol. The fourth-order valence-corrected chi connectivity index (χ4v) is 2.30. The number of amides is 1. The van der Waals surface area contributed by atoms with Crippen LogP contribution >= 0.6 is 0 Å². The van der Waals surface area contributed by atoms with Crippen molar-refractivity contribution in [3.8, 4) is 0 Å². The predicted octanol–water partition coefficient (Wildman–Crippen LogP) is 3.02. The quantitative estimate of drug-likeness (QED) is 0.786. The molecule has 6 nitrogen and oxygen atoms in total. The average Bonchev–Trinajstić information content (AvgIpc) is 2.99. The van der Waals surface area contributed by atoms with Gasteiger partial charge >= 0.3 is 6.18 Å². The number of nitrogens with zero attached hydrogens (tertiary/aromatic N) is 4. The first-order valence-electron chi connectivity index (χ1n) is 7.48. The van der Waals surface area contributed by atoms with Crippen molar-refractivity contribution in [3.05, 3.63) is 53.5 Å². The van der Waals surface area contributed by atoms with Crippen LogP contribution in [0.3, 0.4) is 0 Å². The van der Waals surface area contributed by atoms with E-state index in [0.29, 0.717) is 12.1 Å². The molecule has 0 fully saturated rings. The summed E-state index contributed by atoms with van der Waals surface area (Å²) in [4.78, 5) is 19.3. The fraction of sp³-hybridized carbons (Fsp3) is 0.250. The summed E-state index contributed by atoms with van der Waals surface area (Å²) in [6, 6.07) is 10.9. The second kappa shape index (κ2) is 6.50. The van der Waals surface area contributed by atoms with Crippen LogP contribution in [0.2, 0.25) is 0 Å². The van der Waals surface area contributed by atoms with Gasteiger partial charge in [0, 0.05) is 18.2 Å². The maximum Gasteiger partial charge on any atom is 0.453 e. The molecule has 1 amide bonds. The van der Waals surface area contributed by atoms with E-state index in [0.717, 1.165) is 10.1 Å². The number of aromatic nitrogens is 4. The van der Waals surface area contributed by atoms with Gasteiger partial charge in [-0.25, -0.2) is 4.52 Å². The Morgan fingerprint density at radius 3 is 2.60 bits per heavy atom. The third-order valence-corrected chi connectivity index (χ3v) is 3.49. The Balaban J connectivity index is 1.74. The van der Waals surface area contributed by atoms with E-state index < -0.39 is 12.0 Å². The van der Waals surface area contributed by atoms with E-state index in [1.807, 2.05) is 30.3 Å². The van der Waals surface area contributed by atoms with Crippen molar-refractivity contribution in [2.75, 3.05) is 5.32 Å². The highest BCUT2D eigenvalue weighted by atomic mass is 19.4. The third-order valence-electron chi connectivity index (χ3n) is 3.49. The molecule has 0 aliphatic heterocycles. The van der Waals surface area contributed by atoms with Crippen LogP contribution < -0.4 is 5.32 Å². The topological polar surface area (TPSA) is 72.2 Å². The van der Waals surface area contributed by atoms with E-state index in [-0.39, 0.29) is 23.9 Å². The molecule has 3 rings (SSSR count). The van der Waals surface area contributed by atoms with Gasteiger partial charge in [0.2, 0.25) is 5.91 Å². The van der Waals surface area contributed by atoms with Crippen molar-refractivity contribution in [1.82, 2.24) is 19.6 Å².